The van der Waals surface area contributed by atoms with Crippen molar-refractivity contribution in [2.45, 2.75) is 45.4 Å². The van der Waals surface area contributed by atoms with Crippen LogP contribution < -0.4 is 5.32 Å². The zero-order chi connectivity index (χ0) is 16.2. The minimum absolute atomic E-state index is 0.0261. The van der Waals surface area contributed by atoms with Gasteiger partial charge in [-0.2, -0.15) is 0 Å². The van der Waals surface area contributed by atoms with E-state index >= 15 is 0 Å². The fourth-order valence-electron chi connectivity index (χ4n) is 3.32. The Kier molecular flexibility index (Phi) is 5.30. The Labute approximate surface area is 137 Å². The summed E-state index contributed by atoms with van der Waals surface area (Å²) < 4.78 is 11.3. The fraction of sp³-hybridized carbons (Fsp3) is 0.611. The van der Waals surface area contributed by atoms with E-state index in [2.05, 4.69) is 24.1 Å². The number of amides is 1. The second-order valence-corrected chi connectivity index (χ2v) is 6.49. The summed E-state index contributed by atoms with van der Waals surface area (Å²) in [6.45, 7) is 6.75. The molecular formula is C18H26N2O3. The van der Waals surface area contributed by atoms with Gasteiger partial charge in [-0.25, -0.2) is 0 Å². The highest BCUT2D eigenvalue weighted by molar-refractivity contribution is 5.92. The predicted molar refractivity (Wildman–Crippen MR) is 89.4 cm³/mol. The normalized spacial score (nSPS) is 23.1. The van der Waals surface area contributed by atoms with Crippen molar-refractivity contribution in [3.63, 3.8) is 0 Å². The average molecular weight is 318 g/mol. The largest absolute Gasteiger partial charge is 0.349 e. The number of nitrogens with one attached hydrogen (secondary N) is 1. The molecule has 0 spiro atoms. The second-order valence-electron chi connectivity index (χ2n) is 6.49. The lowest BCUT2D eigenvalue weighted by atomic mass is 10.0. The molecule has 5 nitrogen and oxygen atoms in total. The lowest BCUT2D eigenvalue weighted by Gasteiger charge is -2.37. The van der Waals surface area contributed by atoms with Crippen molar-refractivity contribution in [3.8, 4) is 0 Å². The summed E-state index contributed by atoms with van der Waals surface area (Å²) in [6.07, 6.45) is 3.15. The number of piperidine rings is 1. The van der Waals surface area contributed by atoms with Crippen LogP contribution in [0.4, 0.5) is 5.69 Å². The molecule has 1 amide bonds. The molecule has 1 N–H and O–H groups in total. The van der Waals surface area contributed by atoms with Crippen LogP contribution in [0.3, 0.4) is 0 Å². The molecule has 0 aromatic heterocycles. The van der Waals surface area contributed by atoms with Gasteiger partial charge in [0.05, 0.1) is 25.8 Å². The van der Waals surface area contributed by atoms with Crippen molar-refractivity contribution in [2.24, 2.45) is 0 Å². The van der Waals surface area contributed by atoms with Crippen molar-refractivity contribution >= 4 is 11.6 Å². The van der Waals surface area contributed by atoms with E-state index in [1.54, 1.807) is 0 Å². The number of hydrogen-bond acceptors (Lipinski definition) is 4. The van der Waals surface area contributed by atoms with E-state index in [9.17, 15) is 4.79 Å². The Balaban J connectivity index is 1.59. The summed E-state index contributed by atoms with van der Waals surface area (Å²) >= 11 is 0. The molecular weight excluding hydrogens is 292 g/mol. The van der Waals surface area contributed by atoms with E-state index in [-0.39, 0.29) is 18.2 Å². The molecule has 2 saturated heterocycles. The molecule has 0 bridgehead atoms. The number of rotatable bonds is 4. The molecule has 2 heterocycles. The summed E-state index contributed by atoms with van der Waals surface area (Å²) in [4.78, 5) is 14.6. The fourth-order valence-corrected chi connectivity index (χ4v) is 3.32. The minimum Gasteiger partial charge on any atom is -0.349 e. The first kappa shape index (κ1) is 16.4. The van der Waals surface area contributed by atoms with E-state index in [1.165, 1.54) is 17.5 Å². The Bertz CT molecular complexity index is 555. The summed E-state index contributed by atoms with van der Waals surface area (Å²) in [5, 5.41) is 3.01. The van der Waals surface area contributed by atoms with Gasteiger partial charge >= 0.3 is 0 Å². The molecule has 0 saturated carbocycles. The van der Waals surface area contributed by atoms with Gasteiger partial charge < -0.3 is 14.8 Å². The Morgan fingerprint density at radius 1 is 1.22 bits per heavy atom. The summed E-state index contributed by atoms with van der Waals surface area (Å²) in [6, 6.07) is 6.20. The van der Waals surface area contributed by atoms with Crippen LogP contribution in [0.15, 0.2) is 18.2 Å². The number of hydrogen-bond donors (Lipinski definition) is 1. The van der Waals surface area contributed by atoms with Gasteiger partial charge in [-0.1, -0.05) is 12.5 Å². The van der Waals surface area contributed by atoms with Gasteiger partial charge in [0.15, 0.2) is 6.29 Å². The van der Waals surface area contributed by atoms with Crippen molar-refractivity contribution < 1.29 is 14.3 Å². The molecule has 1 unspecified atom stereocenters. The minimum atomic E-state index is -0.176. The number of ether oxygens (including phenoxy) is 2. The number of likely N-dealkylation sites (tertiary alicyclic amines) is 1. The predicted octanol–water partition coefficient (Wildman–Crippen LogP) is 2.47. The molecule has 3 rings (SSSR count). The van der Waals surface area contributed by atoms with Crippen LogP contribution in [-0.4, -0.2) is 49.4 Å². The van der Waals surface area contributed by atoms with E-state index in [0.29, 0.717) is 19.8 Å². The van der Waals surface area contributed by atoms with E-state index in [4.69, 9.17) is 9.47 Å². The van der Waals surface area contributed by atoms with Gasteiger partial charge in [-0.15, -0.1) is 0 Å². The number of anilines is 1. The van der Waals surface area contributed by atoms with Crippen LogP contribution in [0.2, 0.25) is 0 Å². The highest BCUT2D eigenvalue weighted by Crippen LogP contribution is 2.24. The lowest BCUT2D eigenvalue weighted by molar-refractivity contribution is -0.127. The Morgan fingerprint density at radius 3 is 2.74 bits per heavy atom. The van der Waals surface area contributed by atoms with Crippen LogP contribution in [-0.2, 0) is 14.3 Å². The molecule has 1 atom stereocenters. The first-order chi connectivity index (χ1) is 11.1. The molecule has 0 radical (unpaired) electrons. The van der Waals surface area contributed by atoms with E-state index in [1.807, 2.05) is 18.2 Å². The third-order valence-electron chi connectivity index (χ3n) is 4.76. The zero-order valence-electron chi connectivity index (χ0n) is 14.0. The quantitative estimate of drug-likeness (QED) is 0.926. The first-order valence-electron chi connectivity index (χ1n) is 8.48. The maximum absolute atomic E-state index is 12.4. The summed E-state index contributed by atoms with van der Waals surface area (Å²) in [5.41, 5.74) is 3.28. The zero-order valence-corrected chi connectivity index (χ0v) is 14.0. The van der Waals surface area contributed by atoms with Gasteiger partial charge in [-0.3, -0.25) is 9.69 Å². The molecule has 2 aliphatic rings. The number of carbonyl (C=O) groups excluding carboxylic acids is 1. The number of benzene rings is 1. The first-order valence-corrected chi connectivity index (χ1v) is 8.48. The topological polar surface area (TPSA) is 50.8 Å². The maximum Gasteiger partial charge on any atom is 0.238 e. The molecule has 1 aromatic rings. The lowest BCUT2D eigenvalue weighted by Crippen LogP contribution is -2.50. The van der Waals surface area contributed by atoms with Gasteiger partial charge in [0.1, 0.15) is 0 Å². The summed E-state index contributed by atoms with van der Waals surface area (Å²) in [5.74, 6) is 0.0261. The highest BCUT2D eigenvalue weighted by atomic mass is 16.7. The molecule has 2 aliphatic heterocycles. The third-order valence-corrected chi connectivity index (χ3v) is 4.76. The molecule has 0 aliphatic carbocycles. The average Bonchev–Trinajstić information content (AvgIpc) is 3.06. The van der Waals surface area contributed by atoms with Crippen LogP contribution in [0.25, 0.3) is 0 Å². The van der Waals surface area contributed by atoms with E-state index < -0.39 is 0 Å². The van der Waals surface area contributed by atoms with Gasteiger partial charge in [0.2, 0.25) is 5.91 Å². The van der Waals surface area contributed by atoms with Crippen LogP contribution in [0.1, 0.15) is 30.4 Å². The van der Waals surface area contributed by atoms with Crippen LogP contribution in [0, 0.1) is 13.8 Å². The van der Waals surface area contributed by atoms with Gasteiger partial charge in [0, 0.05) is 5.69 Å². The van der Waals surface area contributed by atoms with E-state index in [0.717, 1.165) is 25.1 Å². The molecule has 2 fully saturated rings. The number of nitrogens with zero attached hydrogens (tertiary/aromatic N) is 1. The smallest absolute Gasteiger partial charge is 0.238 e. The molecule has 23 heavy (non-hydrogen) atoms. The second kappa shape index (κ2) is 7.43. The highest BCUT2D eigenvalue weighted by Gasteiger charge is 2.34. The van der Waals surface area contributed by atoms with Crippen molar-refractivity contribution in [1.82, 2.24) is 4.90 Å². The Morgan fingerprint density at radius 2 is 2.00 bits per heavy atom. The van der Waals surface area contributed by atoms with Crippen molar-refractivity contribution in [1.29, 1.82) is 0 Å². The molecule has 126 valence electrons. The SMILES string of the molecule is Cc1ccc(NC(=O)CN2CCCCC2C2OCCO2)cc1C. The van der Waals surface area contributed by atoms with Gasteiger partial charge in [-0.05, 0) is 56.5 Å². The van der Waals surface area contributed by atoms with Crippen LogP contribution in [0.5, 0.6) is 0 Å². The standard InChI is InChI=1S/C18H26N2O3/c1-13-6-7-15(11-14(13)2)19-17(21)12-20-8-4-3-5-16(20)18-22-9-10-23-18/h6-7,11,16,18H,3-5,8-10,12H2,1-2H3,(H,19,21). The number of carbonyl (C=O) groups is 1. The maximum atomic E-state index is 12.4. The number of aryl methyl sites for hydroxylation is 2. The molecule has 5 heteroatoms. The van der Waals surface area contributed by atoms with Crippen molar-refractivity contribution in [2.75, 3.05) is 31.6 Å². The third kappa shape index (κ3) is 4.10. The van der Waals surface area contributed by atoms with Crippen molar-refractivity contribution in [3.05, 3.63) is 29.3 Å². The summed E-state index contributed by atoms with van der Waals surface area (Å²) in [7, 11) is 0. The molecule has 1 aromatic carbocycles. The Hall–Kier alpha value is -1.43. The van der Waals surface area contributed by atoms with Gasteiger partial charge in [0.25, 0.3) is 0 Å². The monoisotopic (exact) mass is 318 g/mol. The van der Waals surface area contributed by atoms with Crippen LogP contribution >= 0.6 is 0 Å².